The lowest BCUT2D eigenvalue weighted by Crippen LogP contribution is -2.37. The van der Waals surface area contributed by atoms with Gasteiger partial charge in [-0.1, -0.05) is 0 Å². The minimum absolute atomic E-state index is 0.350. The first-order valence-electron chi connectivity index (χ1n) is 10.7. The summed E-state index contributed by atoms with van der Waals surface area (Å²) in [5, 5.41) is 5.91. The van der Waals surface area contributed by atoms with Crippen molar-refractivity contribution in [2.24, 2.45) is 11.1 Å². The summed E-state index contributed by atoms with van der Waals surface area (Å²) in [6.45, 7) is 1.95. The SMILES string of the molecule is COc1cc2nc(-c3ccncc3)nc(N3CCC(CCNS(N)(=O)=O)CC3)c2cc1OC. The highest BCUT2D eigenvalue weighted by atomic mass is 32.2. The van der Waals surface area contributed by atoms with Crippen molar-refractivity contribution < 1.29 is 17.9 Å². The van der Waals surface area contributed by atoms with E-state index < -0.39 is 10.2 Å². The minimum atomic E-state index is -3.65. The number of nitrogens with two attached hydrogens (primary N) is 1. The number of pyridine rings is 1. The molecule has 0 aliphatic carbocycles. The van der Waals surface area contributed by atoms with Gasteiger partial charge < -0.3 is 14.4 Å². The number of rotatable bonds is 8. The third kappa shape index (κ3) is 5.49. The number of fused-ring (bicyclic) bond motifs is 1. The first-order chi connectivity index (χ1) is 15.9. The van der Waals surface area contributed by atoms with Crippen molar-refractivity contribution >= 4 is 26.9 Å². The third-order valence-electron chi connectivity index (χ3n) is 5.89. The van der Waals surface area contributed by atoms with Gasteiger partial charge >= 0.3 is 0 Å². The number of hydrogen-bond donors (Lipinski definition) is 2. The average molecular weight is 473 g/mol. The smallest absolute Gasteiger partial charge is 0.274 e. The van der Waals surface area contributed by atoms with Crippen LogP contribution in [-0.2, 0) is 10.2 Å². The molecule has 4 rings (SSSR count). The molecule has 1 saturated heterocycles. The van der Waals surface area contributed by atoms with Crippen LogP contribution < -0.4 is 24.2 Å². The molecule has 0 bridgehead atoms. The molecule has 3 heterocycles. The van der Waals surface area contributed by atoms with Gasteiger partial charge in [-0.15, -0.1) is 0 Å². The molecule has 0 spiro atoms. The maximum Gasteiger partial charge on any atom is 0.274 e. The van der Waals surface area contributed by atoms with Gasteiger partial charge in [0, 0.05) is 49.0 Å². The standard InChI is InChI=1S/C22H28N6O4S/c1-31-19-13-17-18(14-20(19)32-2)26-21(16-4-8-24-9-5-16)27-22(17)28-11-6-15(7-12-28)3-10-25-33(23,29)30/h4-5,8-9,13-15,25H,3,6-7,10-12H2,1-2H3,(H2,23,29,30). The van der Waals surface area contributed by atoms with Crippen LogP contribution in [0.1, 0.15) is 19.3 Å². The van der Waals surface area contributed by atoms with Crippen molar-refractivity contribution in [3.63, 3.8) is 0 Å². The molecular formula is C22H28N6O4S. The fourth-order valence-corrected chi connectivity index (χ4v) is 4.55. The second-order valence-corrected chi connectivity index (χ2v) is 9.37. The Hall–Kier alpha value is -3.02. The van der Waals surface area contributed by atoms with E-state index in [1.807, 2.05) is 24.3 Å². The summed E-state index contributed by atoms with van der Waals surface area (Å²) in [4.78, 5) is 16.1. The number of anilines is 1. The first-order valence-corrected chi connectivity index (χ1v) is 12.3. The van der Waals surface area contributed by atoms with Gasteiger partial charge in [-0.2, -0.15) is 8.42 Å². The summed E-state index contributed by atoms with van der Waals surface area (Å²) in [5.41, 5.74) is 1.65. The minimum Gasteiger partial charge on any atom is -0.493 e. The highest BCUT2D eigenvalue weighted by Gasteiger charge is 2.24. The Morgan fingerprint density at radius 3 is 2.39 bits per heavy atom. The maximum atomic E-state index is 11.1. The Kier molecular flexibility index (Phi) is 6.91. The molecule has 0 atom stereocenters. The molecule has 33 heavy (non-hydrogen) atoms. The maximum absolute atomic E-state index is 11.1. The van der Waals surface area contributed by atoms with Gasteiger partial charge in [0.25, 0.3) is 10.2 Å². The highest BCUT2D eigenvalue weighted by Crippen LogP contribution is 2.37. The molecule has 1 aliphatic rings. The monoisotopic (exact) mass is 472 g/mol. The fourth-order valence-electron chi connectivity index (χ4n) is 4.15. The molecule has 1 aliphatic heterocycles. The van der Waals surface area contributed by atoms with E-state index in [0.29, 0.717) is 29.8 Å². The van der Waals surface area contributed by atoms with Crippen LogP contribution in [0.25, 0.3) is 22.3 Å². The number of nitrogens with one attached hydrogen (secondary N) is 1. The molecule has 176 valence electrons. The number of ether oxygens (including phenoxy) is 2. The summed E-state index contributed by atoms with van der Waals surface area (Å²) >= 11 is 0. The zero-order valence-electron chi connectivity index (χ0n) is 18.7. The summed E-state index contributed by atoms with van der Waals surface area (Å²) in [5.74, 6) is 3.10. The van der Waals surface area contributed by atoms with Crippen LogP contribution in [0.5, 0.6) is 11.5 Å². The van der Waals surface area contributed by atoms with Gasteiger partial charge in [-0.25, -0.2) is 19.8 Å². The van der Waals surface area contributed by atoms with Crippen LogP contribution >= 0.6 is 0 Å². The average Bonchev–Trinajstić information content (AvgIpc) is 2.82. The van der Waals surface area contributed by atoms with E-state index in [0.717, 1.165) is 54.6 Å². The van der Waals surface area contributed by atoms with Crippen molar-refractivity contribution in [3.8, 4) is 22.9 Å². The molecule has 0 unspecified atom stereocenters. The Bertz CT molecular complexity index is 1210. The Morgan fingerprint density at radius 2 is 1.76 bits per heavy atom. The van der Waals surface area contributed by atoms with E-state index in [9.17, 15) is 8.42 Å². The van der Waals surface area contributed by atoms with Crippen LogP contribution in [0.3, 0.4) is 0 Å². The predicted molar refractivity (Wildman–Crippen MR) is 127 cm³/mol. The molecule has 0 amide bonds. The van der Waals surface area contributed by atoms with Crippen molar-refractivity contribution in [2.45, 2.75) is 19.3 Å². The van der Waals surface area contributed by atoms with Crippen molar-refractivity contribution in [2.75, 3.05) is 38.8 Å². The van der Waals surface area contributed by atoms with E-state index in [2.05, 4.69) is 14.6 Å². The molecule has 11 heteroatoms. The van der Waals surface area contributed by atoms with Gasteiger partial charge in [0.05, 0.1) is 19.7 Å². The van der Waals surface area contributed by atoms with E-state index in [4.69, 9.17) is 24.6 Å². The zero-order chi connectivity index (χ0) is 23.4. The van der Waals surface area contributed by atoms with Crippen LogP contribution in [0, 0.1) is 5.92 Å². The Morgan fingerprint density at radius 1 is 1.09 bits per heavy atom. The summed E-state index contributed by atoms with van der Waals surface area (Å²) < 4.78 is 35.6. The normalized spacial score (nSPS) is 15.1. The van der Waals surface area contributed by atoms with Crippen LogP contribution in [-0.4, -0.2) is 57.2 Å². The molecule has 3 N–H and O–H groups in total. The molecule has 0 radical (unpaired) electrons. The molecule has 2 aromatic heterocycles. The lowest BCUT2D eigenvalue weighted by atomic mass is 9.93. The Balaban J connectivity index is 1.64. The molecule has 3 aromatic rings. The van der Waals surface area contributed by atoms with Gasteiger partial charge in [-0.05, 0) is 43.4 Å². The van der Waals surface area contributed by atoms with Crippen molar-refractivity contribution in [1.82, 2.24) is 19.7 Å². The number of hydrogen-bond acceptors (Lipinski definition) is 8. The van der Waals surface area contributed by atoms with Gasteiger partial charge in [0.1, 0.15) is 5.82 Å². The number of benzene rings is 1. The third-order valence-corrected chi connectivity index (χ3v) is 6.50. The van der Waals surface area contributed by atoms with Crippen LogP contribution in [0.2, 0.25) is 0 Å². The molecule has 1 aromatic carbocycles. The molecular weight excluding hydrogens is 444 g/mol. The summed E-state index contributed by atoms with van der Waals surface area (Å²) in [6, 6.07) is 7.56. The first kappa shape index (κ1) is 23.1. The van der Waals surface area contributed by atoms with E-state index >= 15 is 0 Å². The molecule has 0 saturated carbocycles. The topological polar surface area (TPSA) is 133 Å². The summed E-state index contributed by atoms with van der Waals surface area (Å²) in [7, 11) is -0.440. The molecule has 10 nitrogen and oxygen atoms in total. The fraction of sp³-hybridized carbons (Fsp3) is 0.409. The van der Waals surface area contributed by atoms with Crippen molar-refractivity contribution in [3.05, 3.63) is 36.7 Å². The molecule has 1 fully saturated rings. The second kappa shape index (κ2) is 9.86. The van der Waals surface area contributed by atoms with Gasteiger partial charge in [0.2, 0.25) is 0 Å². The van der Waals surface area contributed by atoms with E-state index in [-0.39, 0.29) is 0 Å². The number of methoxy groups -OCH3 is 2. The predicted octanol–water partition coefficient (Wildman–Crippen LogP) is 2.11. The highest BCUT2D eigenvalue weighted by molar-refractivity contribution is 7.87. The van der Waals surface area contributed by atoms with Gasteiger partial charge in [-0.3, -0.25) is 4.98 Å². The number of piperidine rings is 1. The van der Waals surface area contributed by atoms with E-state index in [1.165, 1.54) is 0 Å². The van der Waals surface area contributed by atoms with E-state index in [1.54, 1.807) is 26.6 Å². The number of nitrogens with zero attached hydrogens (tertiary/aromatic N) is 4. The quantitative estimate of drug-likeness (QED) is 0.509. The zero-order valence-corrected chi connectivity index (χ0v) is 19.5. The van der Waals surface area contributed by atoms with Gasteiger partial charge in [0.15, 0.2) is 17.3 Å². The lowest BCUT2D eigenvalue weighted by Gasteiger charge is -2.33. The summed E-state index contributed by atoms with van der Waals surface area (Å²) in [6.07, 6.45) is 6.05. The lowest BCUT2D eigenvalue weighted by molar-refractivity contribution is 0.355. The Labute approximate surface area is 193 Å². The van der Waals surface area contributed by atoms with Crippen LogP contribution in [0.4, 0.5) is 5.82 Å². The van der Waals surface area contributed by atoms with Crippen LogP contribution in [0.15, 0.2) is 36.7 Å². The largest absolute Gasteiger partial charge is 0.493 e. The van der Waals surface area contributed by atoms with Crippen molar-refractivity contribution in [1.29, 1.82) is 0 Å². The number of aromatic nitrogens is 3. The second-order valence-electron chi connectivity index (χ2n) is 7.99.